The van der Waals surface area contributed by atoms with E-state index < -0.39 is 0 Å². The maximum atomic E-state index is 8.24. The molecule has 0 aliphatic heterocycles. The van der Waals surface area contributed by atoms with Crippen LogP contribution in [0.25, 0.3) is 0 Å². The molecule has 0 aromatic carbocycles. The fraction of sp³-hybridized carbons (Fsp3) is 0.800. The van der Waals surface area contributed by atoms with E-state index in [0.717, 1.165) is 4.48 Å². The van der Waals surface area contributed by atoms with Crippen molar-refractivity contribution in [3.05, 3.63) is 0 Å². The van der Waals surface area contributed by atoms with E-state index in [9.17, 15) is 0 Å². The van der Waals surface area contributed by atoms with Gasteiger partial charge in [-0.05, 0) is 0 Å². The van der Waals surface area contributed by atoms with Gasteiger partial charge in [0, 0.05) is 6.26 Å². The van der Waals surface area contributed by atoms with Crippen molar-refractivity contribution < 1.29 is 9.59 Å². The SMILES string of the molecule is C[N+](C)(C)C.N#C[O-]. The zero-order valence-corrected chi connectivity index (χ0v) is 5.80. The van der Waals surface area contributed by atoms with Crippen LogP contribution in [0.4, 0.5) is 0 Å². The maximum Gasteiger partial charge on any atom is 0.0675 e. The molecule has 0 saturated carbocycles. The monoisotopic (exact) mass is 116 g/mol. The van der Waals surface area contributed by atoms with Crippen molar-refractivity contribution in [2.24, 2.45) is 0 Å². The highest BCUT2D eigenvalue weighted by molar-refractivity contribution is 4.25. The van der Waals surface area contributed by atoms with Crippen LogP contribution >= 0.6 is 0 Å². The smallest absolute Gasteiger partial charge is 0.0675 e. The van der Waals surface area contributed by atoms with Gasteiger partial charge in [0.05, 0.1) is 28.2 Å². The summed E-state index contributed by atoms with van der Waals surface area (Å²) in [6, 6.07) is 0. The van der Waals surface area contributed by atoms with Gasteiger partial charge in [-0.3, -0.25) is 0 Å². The third-order valence-electron chi connectivity index (χ3n) is 0. The molecule has 0 fully saturated rings. The lowest BCUT2D eigenvalue weighted by Gasteiger charge is -2.14. The average Bonchev–Trinajstić information content (AvgIpc) is 1.27. The molecule has 3 heteroatoms. The van der Waals surface area contributed by atoms with Gasteiger partial charge in [0.25, 0.3) is 0 Å². The summed E-state index contributed by atoms with van der Waals surface area (Å²) >= 11 is 0. The molecule has 0 rings (SSSR count). The van der Waals surface area contributed by atoms with Crippen molar-refractivity contribution in [3.8, 4) is 6.26 Å². The summed E-state index contributed by atoms with van der Waals surface area (Å²) in [5, 5.41) is 15.0. The molecule has 0 saturated heterocycles. The van der Waals surface area contributed by atoms with Crippen LogP contribution in [0.5, 0.6) is 0 Å². The Morgan fingerprint density at radius 2 is 1.25 bits per heavy atom. The first-order valence-corrected chi connectivity index (χ1v) is 2.22. The third-order valence-corrected chi connectivity index (χ3v) is 0. The molecule has 0 spiro atoms. The van der Waals surface area contributed by atoms with Crippen molar-refractivity contribution in [1.29, 1.82) is 5.26 Å². The number of nitriles is 1. The Balaban J connectivity index is 0. The van der Waals surface area contributed by atoms with Gasteiger partial charge in [0.2, 0.25) is 0 Å². The molecule has 3 nitrogen and oxygen atoms in total. The summed E-state index contributed by atoms with van der Waals surface area (Å²) in [5.74, 6) is 0. The number of hydrogen-bond acceptors (Lipinski definition) is 2. The largest absolute Gasteiger partial charge is 0.812 e. The summed E-state index contributed by atoms with van der Waals surface area (Å²) in [6.07, 6.45) is 0.500. The zero-order chi connectivity index (χ0) is 7.21. The molecule has 0 amide bonds. The summed E-state index contributed by atoms with van der Waals surface area (Å²) < 4.78 is 1.00. The molecular formula is C5H12N2O. The highest BCUT2D eigenvalue weighted by Crippen LogP contribution is 1.73. The first kappa shape index (κ1) is 10.3. The van der Waals surface area contributed by atoms with Crippen LogP contribution in [0.1, 0.15) is 0 Å². The lowest BCUT2D eigenvalue weighted by molar-refractivity contribution is -0.849. The molecule has 0 bridgehead atoms. The van der Waals surface area contributed by atoms with Crippen LogP contribution < -0.4 is 5.11 Å². The Hall–Kier alpha value is -0.750. The molecule has 0 atom stereocenters. The summed E-state index contributed by atoms with van der Waals surface area (Å²) in [4.78, 5) is 0. The lowest BCUT2D eigenvalue weighted by atomic mass is 10.8. The van der Waals surface area contributed by atoms with E-state index in [-0.39, 0.29) is 0 Å². The van der Waals surface area contributed by atoms with Gasteiger partial charge >= 0.3 is 0 Å². The molecule has 0 N–H and O–H groups in total. The lowest BCUT2D eigenvalue weighted by Crippen LogP contribution is -2.27. The molecule has 0 radical (unpaired) electrons. The molecule has 8 heavy (non-hydrogen) atoms. The standard InChI is InChI=1S/C4H12N.CHNO/c1-5(2,3)4;2-1-3/h1-4H3;3H/q+1;/p-1. The van der Waals surface area contributed by atoms with E-state index in [2.05, 4.69) is 28.2 Å². The molecular weight excluding hydrogens is 104 g/mol. The Morgan fingerprint density at radius 3 is 1.25 bits per heavy atom. The van der Waals surface area contributed by atoms with E-state index in [4.69, 9.17) is 10.4 Å². The molecule has 0 heterocycles. The number of hydrogen-bond donors (Lipinski definition) is 0. The highest BCUT2D eigenvalue weighted by Gasteiger charge is 1.88. The van der Waals surface area contributed by atoms with Gasteiger partial charge in [-0.25, -0.2) is 5.26 Å². The Labute approximate surface area is 50.4 Å². The Bertz CT molecular complexity index is 71.4. The minimum absolute atomic E-state index is 0.500. The molecule has 0 aliphatic carbocycles. The molecule has 0 aromatic heterocycles. The summed E-state index contributed by atoms with van der Waals surface area (Å²) in [7, 11) is 8.50. The van der Waals surface area contributed by atoms with Gasteiger partial charge in [-0.15, -0.1) is 0 Å². The minimum Gasteiger partial charge on any atom is -0.812 e. The van der Waals surface area contributed by atoms with Crippen molar-refractivity contribution in [1.82, 2.24) is 0 Å². The predicted octanol–water partition coefficient (Wildman–Crippen LogP) is -0.850. The molecule has 48 valence electrons. The van der Waals surface area contributed by atoms with Gasteiger partial charge in [0.1, 0.15) is 0 Å². The third kappa shape index (κ3) is 169. The second-order valence-electron chi connectivity index (χ2n) is 2.77. The van der Waals surface area contributed by atoms with Gasteiger partial charge in [0.15, 0.2) is 0 Å². The Morgan fingerprint density at radius 1 is 1.25 bits per heavy atom. The van der Waals surface area contributed by atoms with Crippen molar-refractivity contribution in [2.45, 2.75) is 0 Å². The van der Waals surface area contributed by atoms with Gasteiger partial charge < -0.3 is 9.59 Å². The highest BCUT2D eigenvalue weighted by atomic mass is 16.2. The van der Waals surface area contributed by atoms with Gasteiger partial charge in [-0.2, -0.15) is 0 Å². The van der Waals surface area contributed by atoms with Crippen molar-refractivity contribution in [3.63, 3.8) is 0 Å². The quantitative estimate of drug-likeness (QED) is 0.306. The second-order valence-corrected chi connectivity index (χ2v) is 2.77. The van der Waals surface area contributed by atoms with E-state index in [1.165, 1.54) is 0 Å². The summed E-state index contributed by atoms with van der Waals surface area (Å²) in [6.45, 7) is 0. The van der Waals surface area contributed by atoms with Crippen LogP contribution in [-0.4, -0.2) is 32.7 Å². The van der Waals surface area contributed by atoms with Gasteiger partial charge in [-0.1, -0.05) is 0 Å². The maximum absolute atomic E-state index is 8.24. The molecule has 0 aliphatic rings. The first-order chi connectivity index (χ1) is 3.41. The normalized spacial score (nSPS) is 8.38. The van der Waals surface area contributed by atoms with E-state index in [0.29, 0.717) is 6.26 Å². The average molecular weight is 116 g/mol. The fourth-order valence-corrected chi connectivity index (χ4v) is 0. The van der Waals surface area contributed by atoms with Crippen LogP contribution in [0.3, 0.4) is 0 Å². The van der Waals surface area contributed by atoms with Crippen LogP contribution in [0.15, 0.2) is 0 Å². The summed E-state index contributed by atoms with van der Waals surface area (Å²) in [5.41, 5.74) is 0. The molecule has 0 aromatic rings. The number of nitrogens with zero attached hydrogens (tertiary/aromatic N) is 2. The van der Waals surface area contributed by atoms with E-state index in [1.54, 1.807) is 0 Å². The van der Waals surface area contributed by atoms with E-state index in [1.807, 2.05) is 0 Å². The van der Waals surface area contributed by atoms with Crippen LogP contribution in [-0.2, 0) is 0 Å². The van der Waals surface area contributed by atoms with E-state index >= 15 is 0 Å². The predicted molar refractivity (Wildman–Crippen MR) is 29.6 cm³/mol. The zero-order valence-electron chi connectivity index (χ0n) is 5.80. The van der Waals surface area contributed by atoms with Crippen molar-refractivity contribution in [2.75, 3.05) is 28.2 Å². The van der Waals surface area contributed by atoms with Crippen LogP contribution in [0.2, 0.25) is 0 Å². The Kier molecular flexibility index (Phi) is 5.66. The second kappa shape index (κ2) is 4.41. The fourth-order valence-electron chi connectivity index (χ4n) is 0. The number of rotatable bonds is 0. The van der Waals surface area contributed by atoms with Crippen molar-refractivity contribution >= 4 is 0 Å². The minimum atomic E-state index is 0.500. The first-order valence-electron chi connectivity index (χ1n) is 2.22. The number of quaternary nitrogens is 1. The molecule has 0 unspecified atom stereocenters. The van der Waals surface area contributed by atoms with Crippen LogP contribution in [0, 0.1) is 11.5 Å². The topological polar surface area (TPSA) is 46.8 Å².